The molecule has 1 aromatic rings. The molecule has 1 aromatic carbocycles. The van der Waals surface area contributed by atoms with Crippen molar-refractivity contribution in [2.45, 2.75) is 30.6 Å². The van der Waals surface area contributed by atoms with E-state index in [-0.39, 0.29) is 6.04 Å². The molecule has 2 unspecified atom stereocenters. The van der Waals surface area contributed by atoms with E-state index < -0.39 is 21.0 Å². The average molecular weight is 312 g/mol. The maximum atomic E-state index is 11.8. The van der Waals surface area contributed by atoms with E-state index in [0.29, 0.717) is 23.4 Å². The van der Waals surface area contributed by atoms with Gasteiger partial charge in [0.15, 0.2) is 9.84 Å². The number of methoxy groups -OCH3 is 1. The smallest absolute Gasteiger partial charge is 0.248 e. The Bertz CT molecular complexity index is 642. The van der Waals surface area contributed by atoms with E-state index >= 15 is 0 Å². The van der Waals surface area contributed by atoms with Crippen LogP contribution in [0.25, 0.3) is 0 Å². The van der Waals surface area contributed by atoms with Gasteiger partial charge in [0.05, 0.1) is 18.0 Å². The molecule has 3 N–H and O–H groups in total. The molecule has 0 bridgehead atoms. The van der Waals surface area contributed by atoms with Gasteiger partial charge in [0, 0.05) is 17.9 Å². The first-order chi connectivity index (χ1) is 9.82. The van der Waals surface area contributed by atoms with Crippen LogP contribution in [0.2, 0.25) is 0 Å². The fourth-order valence-electron chi connectivity index (χ4n) is 2.78. The first kappa shape index (κ1) is 15.6. The third-order valence-corrected chi connectivity index (χ3v) is 5.49. The van der Waals surface area contributed by atoms with E-state index in [1.54, 1.807) is 18.2 Å². The van der Waals surface area contributed by atoms with Crippen molar-refractivity contribution >= 4 is 21.4 Å². The summed E-state index contributed by atoms with van der Waals surface area (Å²) in [6.45, 7) is 0. The lowest BCUT2D eigenvalue weighted by Gasteiger charge is -2.22. The third-order valence-electron chi connectivity index (χ3n) is 3.83. The number of ether oxygens (including phenoxy) is 1. The van der Waals surface area contributed by atoms with E-state index in [4.69, 9.17) is 10.5 Å². The van der Waals surface area contributed by atoms with Crippen LogP contribution in [0.15, 0.2) is 18.2 Å². The topological polar surface area (TPSA) is 98.5 Å². The van der Waals surface area contributed by atoms with Gasteiger partial charge in [-0.15, -0.1) is 0 Å². The predicted octanol–water partition coefficient (Wildman–Crippen LogP) is 1.17. The molecule has 6 nitrogen and oxygen atoms in total. The standard InChI is InChI=1S/C14H20N2O4S/c1-20-12-7-6-9(14(15)17)8-11(12)16-10-4-3-5-13(10)21(2,18)19/h6-8,10,13,16H,3-5H2,1-2H3,(H2,15,17). The van der Waals surface area contributed by atoms with Crippen molar-refractivity contribution in [2.24, 2.45) is 5.73 Å². The number of carbonyl (C=O) groups excluding carboxylic acids is 1. The van der Waals surface area contributed by atoms with Gasteiger partial charge in [0.25, 0.3) is 0 Å². The normalized spacial score (nSPS) is 22.0. The predicted molar refractivity (Wildman–Crippen MR) is 81.4 cm³/mol. The summed E-state index contributed by atoms with van der Waals surface area (Å²) in [7, 11) is -1.59. The summed E-state index contributed by atoms with van der Waals surface area (Å²) in [6.07, 6.45) is 3.53. The number of primary amides is 1. The Morgan fingerprint density at radius 2 is 2.10 bits per heavy atom. The quantitative estimate of drug-likeness (QED) is 0.850. The molecule has 0 radical (unpaired) electrons. The number of rotatable bonds is 5. The summed E-state index contributed by atoms with van der Waals surface area (Å²) in [5.74, 6) is 0.0194. The maximum absolute atomic E-state index is 11.8. The summed E-state index contributed by atoms with van der Waals surface area (Å²) in [5.41, 5.74) is 6.22. The van der Waals surface area contributed by atoms with Crippen LogP contribution < -0.4 is 15.8 Å². The Hall–Kier alpha value is -1.76. The van der Waals surface area contributed by atoms with Crippen molar-refractivity contribution in [3.8, 4) is 5.75 Å². The molecular formula is C14H20N2O4S. The number of nitrogens with two attached hydrogens (primary N) is 1. The van der Waals surface area contributed by atoms with Gasteiger partial charge >= 0.3 is 0 Å². The third kappa shape index (κ3) is 3.47. The van der Waals surface area contributed by atoms with E-state index in [0.717, 1.165) is 12.8 Å². The minimum Gasteiger partial charge on any atom is -0.495 e. The maximum Gasteiger partial charge on any atom is 0.248 e. The van der Waals surface area contributed by atoms with Crippen LogP contribution in [0.5, 0.6) is 5.75 Å². The lowest BCUT2D eigenvalue weighted by molar-refractivity contribution is 0.100. The molecule has 1 aliphatic carbocycles. The second kappa shape index (κ2) is 5.93. The van der Waals surface area contributed by atoms with Gasteiger partial charge in [0.2, 0.25) is 5.91 Å². The SMILES string of the molecule is COc1ccc(C(N)=O)cc1NC1CCCC1S(C)(=O)=O. The highest BCUT2D eigenvalue weighted by molar-refractivity contribution is 7.91. The molecule has 1 fully saturated rings. The molecule has 21 heavy (non-hydrogen) atoms. The van der Waals surface area contributed by atoms with Gasteiger partial charge < -0.3 is 15.8 Å². The first-order valence-corrected chi connectivity index (χ1v) is 8.71. The number of sulfone groups is 1. The summed E-state index contributed by atoms with van der Waals surface area (Å²) in [6, 6.07) is 4.64. The zero-order valence-electron chi connectivity index (χ0n) is 12.1. The average Bonchev–Trinajstić information content (AvgIpc) is 2.86. The minimum atomic E-state index is -3.11. The Kier molecular flexibility index (Phi) is 4.41. The van der Waals surface area contributed by atoms with Crippen LogP contribution in [0.3, 0.4) is 0 Å². The van der Waals surface area contributed by atoms with E-state index in [9.17, 15) is 13.2 Å². The van der Waals surface area contributed by atoms with Crippen LogP contribution in [0.4, 0.5) is 5.69 Å². The lowest BCUT2D eigenvalue weighted by Crippen LogP contribution is -2.34. The summed E-state index contributed by atoms with van der Waals surface area (Å²) in [5, 5.41) is 2.78. The number of benzene rings is 1. The van der Waals surface area contributed by atoms with Crippen LogP contribution in [-0.2, 0) is 9.84 Å². The number of amides is 1. The van der Waals surface area contributed by atoms with Crippen molar-refractivity contribution in [1.82, 2.24) is 0 Å². The van der Waals surface area contributed by atoms with Crippen molar-refractivity contribution in [3.05, 3.63) is 23.8 Å². The highest BCUT2D eigenvalue weighted by Crippen LogP contribution is 2.32. The van der Waals surface area contributed by atoms with Crippen molar-refractivity contribution in [3.63, 3.8) is 0 Å². The number of carbonyl (C=O) groups is 1. The van der Waals surface area contributed by atoms with E-state index in [1.807, 2.05) is 0 Å². The zero-order valence-corrected chi connectivity index (χ0v) is 12.9. The molecule has 7 heteroatoms. The van der Waals surface area contributed by atoms with Gasteiger partial charge in [-0.05, 0) is 37.5 Å². The second-order valence-corrected chi connectivity index (χ2v) is 7.59. The van der Waals surface area contributed by atoms with Gasteiger partial charge in [-0.1, -0.05) is 0 Å². The zero-order chi connectivity index (χ0) is 15.6. The molecule has 2 atom stereocenters. The molecule has 1 amide bonds. The molecule has 1 aliphatic rings. The fraction of sp³-hybridized carbons (Fsp3) is 0.500. The van der Waals surface area contributed by atoms with Crippen molar-refractivity contribution in [2.75, 3.05) is 18.7 Å². The van der Waals surface area contributed by atoms with Gasteiger partial charge in [-0.3, -0.25) is 4.79 Å². The minimum absolute atomic E-state index is 0.183. The van der Waals surface area contributed by atoms with Crippen LogP contribution in [0.1, 0.15) is 29.6 Å². The Morgan fingerprint density at radius 1 is 1.38 bits per heavy atom. The molecule has 1 saturated carbocycles. The number of hydrogen-bond acceptors (Lipinski definition) is 5. The summed E-state index contributed by atoms with van der Waals surface area (Å²) >= 11 is 0. The molecule has 0 saturated heterocycles. The fourth-order valence-corrected chi connectivity index (χ4v) is 4.17. The highest BCUT2D eigenvalue weighted by Gasteiger charge is 2.35. The number of nitrogens with one attached hydrogen (secondary N) is 1. The monoisotopic (exact) mass is 312 g/mol. The molecule has 0 spiro atoms. The number of anilines is 1. The number of hydrogen-bond donors (Lipinski definition) is 2. The molecule has 0 heterocycles. The Labute approximate surface area is 124 Å². The van der Waals surface area contributed by atoms with Gasteiger partial charge in [-0.25, -0.2) is 8.42 Å². The summed E-state index contributed by atoms with van der Waals surface area (Å²) in [4.78, 5) is 11.3. The Balaban J connectivity index is 2.29. The van der Waals surface area contributed by atoms with Crippen LogP contribution in [0, 0.1) is 0 Å². The highest BCUT2D eigenvalue weighted by atomic mass is 32.2. The van der Waals surface area contributed by atoms with Gasteiger partial charge in [-0.2, -0.15) is 0 Å². The molecular weight excluding hydrogens is 292 g/mol. The van der Waals surface area contributed by atoms with E-state index in [1.165, 1.54) is 13.4 Å². The second-order valence-electron chi connectivity index (χ2n) is 5.33. The van der Waals surface area contributed by atoms with E-state index in [2.05, 4.69) is 5.32 Å². The first-order valence-electron chi connectivity index (χ1n) is 6.76. The molecule has 116 valence electrons. The van der Waals surface area contributed by atoms with Crippen molar-refractivity contribution in [1.29, 1.82) is 0 Å². The Morgan fingerprint density at radius 3 is 2.67 bits per heavy atom. The summed E-state index contributed by atoms with van der Waals surface area (Å²) < 4.78 is 28.9. The largest absolute Gasteiger partial charge is 0.495 e. The van der Waals surface area contributed by atoms with Crippen LogP contribution >= 0.6 is 0 Å². The molecule has 2 rings (SSSR count). The lowest BCUT2D eigenvalue weighted by atomic mass is 10.1. The van der Waals surface area contributed by atoms with Crippen LogP contribution in [-0.4, -0.2) is 39.0 Å². The van der Waals surface area contributed by atoms with Gasteiger partial charge in [0.1, 0.15) is 5.75 Å². The van der Waals surface area contributed by atoms with Crippen molar-refractivity contribution < 1.29 is 17.9 Å². The molecule has 0 aliphatic heterocycles. The molecule has 0 aromatic heterocycles.